The molecule has 9 nitrogen and oxygen atoms in total. The summed E-state index contributed by atoms with van der Waals surface area (Å²) in [6.45, 7) is 2.92. The molecule has 3 heterocycles. The third-order valence-electron chi connectivity index (χ3n) is 5.63. The van der Waals surface area contributed by atoms with Crippen molar-refractivity contribution in [2.75, 3.05) is 26.0 Å². The van der Waals surface area contributed by atoms with Crippen LogP contribution >= 0.6 is 0 Å². The van der Waals surface area contributed by atoms with Crippen molar-refractivity contribution in [2.45, 2.75) is 13.5 Å². The molecule has 0 atom stereocenters. The van der Waals surface area contributed by atoms with Gasteiger partial charge in [-0.1, -0.05) is 35.5 Å². The zero-order valence-corrected chi connectivity index (χ0v) is 19.0. The molecule has 0 unspecified atom stereocenters. The monoisotopic (exact) mass is 457 g/mol. The molecular weight excluding hydrogens is 434 g/mol. The number of nitrogens with one attached hydrogen (secondary N) is 1. The van der Waals surface area contributed by atoms with Gasteiger partial charge in [0, 0.05) is 24.3 Å². The van der Waals surface area contributed by atoms with Crippen LogP contribution in [0.5, 0.6) is 0 Å². The number of likely N-dealkylation sites (N-methyl/N-ethyl adjacent to an activating group) is 1. The molecule has 0 radical (unpaired) electrons. The van der Waals surface area contributed by atoms with Gasteiger partial charge in [0.2, 0.25) is 0 Å². The lowest BCUT2D eigenvalue weighted by molar-refractivity contribution is 0.102. The average molecular weight is 457 g/mol. The highest BCUT2D eigenvalue weighted by atomic mass is 16.5. The van der Waals surface area contributed by atoms with Crippen molar-refractivity contribution in [1.82, 2.24) is 19.6 Å². The highest BCUT2D eigenvalue weighted by Gasteiger charge is 2.20. The van der Waals surface area contributed by atoms with Gasteiger partial charge in [-0.15, -0.1) is 0 Å². The summed E-state index contributed by atoms with van der Waals surface area (Å²) in [6, 6.07) is 16.4. The van der Waals surface area contributed by atoms with Crippen molar-refractivity contribution < 1.29 is 13.7 Å². The van der Waals surface area contributed by atoms with Gasteiger partial charge in [-0.2, -0.15) is 0 Å². The fourth-order valence-electron chi connectivity index (χ4n) is 3.88. The van der Waals surface area contributed by atoms with Crippen molar-refractivity contribution in [3.63, 3.8) is 0 Å². The SMILES string of the molecule is Cc1noc2nc(-c3ccccc3)cc(C(=O)Nc3ccc4oc(=O)n(CCN(C)C)c4c3)c12. The first-order chi connectivity index (χ1) is 16.4. The van der Waals surface area contributed by atoms with Gasteiger partial charge in [-0.25, -0.2) is 9.78 Å². The van der Waals surface area contributed by atoms with Crippen molar-refractivity contribution in [1.29, 1.82) is 0 Å². The number of aryl methyl sites for hydroxylation is 1. The Labute approximate surface area is 194 Å². The van der Waals surface area contributed by atoms with Gasteiger partial charge in [0.1, 0.15) is 0 Å². The number of hydrogen-bond acceptors (Lipinski definition) is 7. The molecule has 9 heteroatoms. The highest BCUT2D eigenvalue weighted by Crippen LogP contribution is 2.28. The second-order valence-electron chi connectivity index (χ2n) is 8.33. The number of fused-ring (bicyclic) bond motifs is 2. The predicted molar refractivity (Wildman–Crippen MR) is 129 cm³/mol. The van der Waals surface area contributed by atoms with Gasteiger partial charge in [-0.05, 0) is 45.3 Å². The minimum absolute atomic E-state index is 0.298. The van der Waals surface area contributed by atoms with Crippen molar-refractivity contribution in [3.8, 4) is 11.3 Å². The molecule has 0 aliphatic carbocycles. The van der Waals surface area contributed by atoms with E-state index in [1.165, 1.54) is 0 Å². The summed E-state index contributed by atoms with van der Waals surface area (Å²) in [4.78, 5) is 32.2. The molecule has 172 valence electrons. The number of benzene rings is 2. The second kappa shape index (κ2) is 8.60. The van der Waals surface area contributed by atoms with E-state index in [0.717, 1.165) is 5.56 Å². The zero-order chi connectivity index (χ0) is 23.8. The van der Waals surface area contributed by atoms with Crippen LogP contribution in [-0.2, 0) is 6.54 Å². The van der Waals surface area contributed by atoms with E-state index in [2.05, 4.69) is 15.5 Å². The Kier molecular flexibility index (Phi) is 5.46. The van der Waals surface area contributed by atoms with E-state index in [1.807, 2.05) is 49.3 Å². The van der Waals surface area contributed by atoms with E-state index in [1.54, 1.807) is 35.8 Å². The zero-order valence-electron chi connectivity index (χ0n) is 19.0. The maximum Gasteiger partial charge on any atom is 0.419 e. The van der Waals surface area contributed by atoms with Crippen LogP contribution < -0.4 is 11.1 Å². The van der Waals surface area contributed by atoms with Crippen LogP contribution in [0.25, 0.3) is 33.5 Å². The standard InChI is InChI=1S/C25H23N5O4/c1-15-22-18(14-19(27-24(22)34-28-15)16-7-5-4-6-8-16)23(31)26-17-9-10-21-20(13-17)30(25(32)33-21)12-11-29(2)3/h4-10,13-14H,11-12H2,1-3H3,(H,26,31). The first-order valence-corrected chi connectivity index (χ1v) is 10.8. The summed E-state index contributed by atoms with van der Waals surface area (Å²) >= 11 is 0. The number of aromatic nitrogens is 3. The minimum atomic E-state index is -0.427. The fourth-order valence-corrected chi connectivity index (χ4v) is 3.88. The Hall–Kier alpha value is -4.24. The van der Waals surface area contributed by atoms with Crippen LogP contribution in [0.1, 0.15) is 16.1 Å². The second-order valence-corrected chi connectivity index (χ2v) is 8.33. The first kappa shape index (κ1) is 21.6. The number of anilines is 1. The van der Waals surface area contributed by atoms with Crippen LogP contribution in [0.4, 0.5) is 5.69 Å². The van der Waals surface area contributed by atoms with E-state index in [4.69, 9.17) is 8.94 Å². The molecular formula is C25H23N5O4. The van der Waals surface area contributed by atoms with Crippen molar-refractivity contribution >= 4 is 33.8 Å². The normalized spacial score (nSPS) is 11.5. The number of carbonyl (C=O) groups is 1. The summed E-state index contributed by atoms with van der Waals surface area (Å²) in [5.74, 6) is -0.760. The molecule has 34 heavy (non-hydrogen) atoms. The predicted octanol–water partition coefficient (Wildman–Crippen LogP) is 3.92. The number of carbonyl (C=O) groups excluding carboxylic acids is 1. The smallest absolute Gasteiger partial charge is 0.408 e. The number of nitrogens with zero attached hydrogens (tertiary/aromatic N) is 4. The highest BCUT2D eigenvalue weighted by molar-refractivity contribution is 6.13. The van der Waals surface area contributed by atoms with E-state index in [9.17, 15) is 9.59 Å². The van der Waals surface area contributed by atoms with Crippen LogP contribution in [-0.4, -0.2) is 46.2 Å². The lowest BCUT2D eigenvalue weighted by Gasteiger charge is -2.10. The van der Waals surface area contributed by atoms with E-state index in [-0.39, 0.29) is 5.91 Å². The topological polar surface area (TPSA) is 106 Å². The van der Waals surface area contributed by atoms with Crippen molar-refractivity contribution in [2.24, 2.45) is 0 Å². The fraction of sp³-hybridized carbons (Fsp3) is 0.200. The third kappa shape index (κ3) is 3.97. The molecule has 0 aliphatic heterocycles. The molecule has 0 aliphatic rings. The maximum absolute atomic E-state index is 13.4. The van der Waals surface area contributed by atoms with Crippen LogP contribution in [0.2, 0.25) is 0 Å². The van der Waals surface area contributed by atoms with Crippen molar-refractivity contribution in [3.05, 3.63) is 76.4 Å². The summed E-state index contributed by atoms with van der Waals surface area (Å²) < 4.78 is 12.3. The third-order valence-corrected chi connectivity index (χ3v) is 5.63. The van der Waals surface area contributed by atoms with Gasteiger partial charge < -0.3 is 19.2 Å². The molecule has 2 aromatic carbocycles. The molecule has 0 saturated carbocycles. The Morgan fingerprint density at radius 1 is 1.12 bits per heavy atom. The van der Waals surface area contributed by atoms with Gasteiger partial charge in [0.15, 0.2) is 5.58 Å². The number of amides is 1. The molecule has 0 saturated heterocycles. The van der Waals surface area contributed by atoms with E-state index in [0.29, 0.717) is 57.9 Å². The Bertz CT molecular complexity index is 1560. The lowest BCUT2D eigenvalue weighted by atomic mass is 10.0. The Balaban J connectivity index is 1.53. The lowest BCUT2D eigenvalue weighted by Crippen LogP contribution is -2.23. The molecule has 1 N–H and O–H groups in total. The molecule has 0 fully saturated rings. The Morgan fingerprint density at radius 2 is 1.91 bits per heavy atom. The number of oxazole rings is 1. The van der Waals surface area contributed by atoms with Crippen LogP contribution in [0.3, 0.4) is 0 Å². The van der Waals surface area contributed by atoms with Gasteiger partial charge >= 0.3 is 5.76 Å². The average Bonchev–Trinajstić information content (AvgIpc) is 3.36. The molecule has 0 bridgehead atoms. The number of rotatable bonds is 6. The Morgan fingerprint density at radius 3 is 2.68 bits per heavy atom. The number of pyridine rings is 1. The summed E-state index contributed by atoms with van der Waals surface area (Å²) in [5.41, 5.74) is 4.37. The summed E-state index contributed by atoms with van der Waals surface area (Å²) in [7, 11) is 3.87. The van der Waals surface area contributed by atoms with Gasteiger partial charge in [0.05, 0.1) is 27.9 Å². The van der Waals surface area contributed by atoms with E-state index >= 15 is 0 Å². The minimum Gasteiger partial charge on any atom is -0.408 e. The molecule has 5 aromatic rings. The molecule has 0 spiro atoms. The van der Waals surface area contributed by atoms with Crippen LogP contribution in [0.15, 0.2) is 68.3 Å². The quantitative estimate of drug-likeness (QED) is 0.412. The summed E-state index contributed by atoms with van der Waals surface area (Å²) in [5, 5.41) is 7.49. The van der Waals surface area contributed by atoms with Crippen LogP contribution in [0, 0.1) is 6.92 Å². The largest absolute Gasteiger partial charge is 0.419 e. The van der Waals surface area contributed by atoms with Gasteiger partial charge in [-0.3, -0.25) is 9.36 Å². The first-order valence-electron chi connectivity index (χ1n) is 10.8. The summed E-state index contributed by atoms with van der Waals surface area (Å²) in [6.07, 6.45) is 0. The van der Waals surface area contributed by atoms with E-state index < -0.39 is 5.76 Å². The molecule has 1 amide bonds. The maximum atomic E-state index is 13.4. The number of hydrogen-bond donors (Lipinski definition) is 1. The molecule has 3 aromatic heterocycles. The molecule has 5 rings (SSSR count). The van der Waals surface area contributed by atoms with Gasteiger partial charge in [0.25, 0.3) is 11.6 Å².